The lowest BCUT2D eigenvalue weighted by Gasteiger charge is -2.49. The van der Waals surface area contributed by atoms with E-state index in [1.165, 1.54) is 12.4 Å². The van der Waals surface area contributed by atoms with Crippen LogP contribution in [0.25, 0.3) is 11.2 Å². The third-order valence-electron chi connectivity index (χ3n) is 6.61. The fraction of sp³-hybridized carbons (Fsp3) is 0.550. The van der Waals surface area contributed by atoms with Gasteiger partial charge in [0.15, 0.2) is 5.65 Å². The molecule has 0 N–H and O–H groups in total. The van der Waals surface area contributed by atoms with E-state index in [-0.39, 0.29) is 11.5 Å². The summed E-state index contributed by atoms with van der Waals surface area (Å²) in [6.07, 6.45) is 3.41. The summed E-state index contributed by atoms with van der Waals surface area (Å²) >= 11 is 0. The average Bonchev–Trinajstić information content (AvgIpc) is 3.50. The second-order valence-corrected chi connectivity index (χ2v) is 8.83. The first-order chi connectivity index (χ1) is 15.4. The number of aromatic nitrogens is 6. The van der Waals surface area contributed by atoms with Crippen molar-refractivity contribution in [2.45, 2.75) is 25.1 Å². The molecule has 3 aliphatic rings. The van der Waals surface area contributed by atoms with Crippen LogP contribution in [0.5, 0.6) is 0 Å². The van der Waals surface area contributed by atoms with Gasteiger partial charge in [0, 0.05) is 38.2 Å². The largest absolute Gasteiger partial charge is 0.451 e. The highest BCUT2D eigenvalue weighted by molar-refractivity contribution is 5.71. The van der Waals surface area contributed by atoms with Crippen LogP contribution in [0.2, 0.25) is 0 Å². The lowest BCUT2D eigenvalue weighted by Crippen LogP contribution is -2.57. The standard InChI is InChI=1S/C20H21F3N8O/c21-20(22,23)18-25-5-14(6-26-18)30-11-19(12-30)2-3-29(10-19)16-8-24-15-7-27-31(17(15)28-16)13-1-4-32-9-13/h5-8,13H,1-4,9-12H2/t13-/m1/s1. The lowest BCUT2D eigenvalue weighted by molar-refractivity contribution is -0.145. The molecule has 1 spiro atoms. The summed E-state index contributed by atoms with van der Waals surface area (Å²) in [5.41, 5.74) is 2.24. The Kier molecular flexibility index (Phi) is 4.29. The Morgan fingerprint density at radius 3 is 2.50 bits per heavy atom. The van der Waals surface area contributed by atoms with Crippen molar-refractivity contribution >= 4 is 22.7 Å². The molecule has 3 aromatic heterocycles. The molecule has 168 valence electrons. The number of rotatable bonds is 3. The number of ether oxygens (including phenoxy) is 1. The van der Waals surface area contributed by atoms with Crippen molar-refractivity contribution in [2.24, 2.45) is 5.41 Å². The smallest absolute Gasteiger partial charge is 0.379 e. The van der Waals surface area contributed by atoms with Crippen LogP contribution in [-0.4, -0.2) is 69.1 Å². The van der Waals surface area contributed by atoms with E-state index in [9.17, 15) is 13.2 Å². The molecule has 3 saturated heterocycles. The molecule has 3 aromatic rings. The number of fused-ring (bicyclic) bond motifs is 1. The van der Waals surface area contributed by atoms with Gasteiger partial charge >= 0.3 is 6.18 Å². The Bertz CT molecular complexity index is 1140. The number of hydrogen-bond acceptors (Lipinski definition) is 8. The van der Waals surface area contributed by atoms with Crippen LogP contribution in [0.1, 0.15) is 24.7 Å². The van der Waals surface area contributed by atoms with Gasteiger partial charge in [-0.1, -0.05) is 0 Å². The van der Waals surface area contributed by atoms with Crippen molar-refractivity contribution in [2.75, 3.05) is 49.2 Å². The summed E-state index contributed by atoms with van der Waals surface area (Å²) in [4.78, 5) is 20.6. The molecular formula is C20H21F3N8O. The van der Waals surface area contributed by atoms with Crippen molar-refractivity contribution in [3.63, 3.8) is 0 Å². The first-order valence-electron chi connectivity index (χ1n) is 10.6. The zero-order chi connectivity index (χ0) is 21.9. The minimum Gasteiger partial charge on any atom is -0.379 e. The Morgan fingerprint density at radius 2 is 1.78 bits per heavy atom. The van der Waals surface area contributed by atoms with E-state index < -0.39 is 12.0 Å². The molecule has 12 heteroatoms. The Morgan fingerprint density at radius 1 is 1.00 bits per heavy atom. The maximum Gasteiger partial charge on any atom is 0.451 e. The van der Waals surface area contributed by atoms with E-state index >= 15 is 0 Å². The molecular weight excluding hydrogens is 425 g/mol. The van der Waals surface area contributed by atoms with E-state index in [1.54, 1.807) is 12.4 Å². The minimum absolute atomic E-state index is 0.0822. The summed E-state index contributed by atoms with van der Waals surface area (Å²) < 4.78 is 45.5. The van der Waals surface area contributed by atoms with Crippen LogP contribution in [0.4, 0.5) is 24.7 Å². The maximum absolute atomic E-state index is 12.7. The van der Waals surface area contributed by atoms with E-state index in [2.05, 4.69) is 25.0 Å². The van der Waals surface area contributed by atoms with Gasteiger partial charge in [0.1, 0.15) is 11.3 Å². The first kappa shape index (κ1) is 19.6. The highest BCUT2D eigenvalue weighted by Gasteiger charge is 2.48. The summed E-state index contributed by atoms with van der Waals surface area (Å²) in [5.74, 6) is -0.285. The molecule has 0 unspecified atom stereocenters. The fourth-order valence-corrected chi connectivity index (χ4v) is 4.91. The molecule has 3 fully saturated rings. The van der Waals surface area contributed by atoms with Crippen LogP contribution < -0.4 is 9.80 Å². The highest BCUT2D eigenvalue weighted by Crippen LogP contribution is 2.43. The zero-order valence-corrected chi connectivity index (χ0v) is 17.2. The summed E-state index contributed by atoms with van der Waals surface area (Å²) in [6.45, 7) is 4.56. The number of alkyl halides is 3. The molecule has 32 heavy (non-hydrogen) atoms. The van der Waals surface area contributed by atoms with Crippen LogP contribution in [0, 0.1) is 5.41 Å². The molecule has 0 bridgehead atoms. The van der Waals surface area contributed by atoms with Gasteiger partial charge in [0.05, 0.1) is 43.1 Å². The SMILES string of the molecule is FC(F)(F)c1ncc(N2CC3(CCN(c4cnc5cnn([C@@H]6CCOC6)c5n4)C3)C2)cn1. The monoisotopic (exact) mass is 446 g/mol. The van der Waals surface area contributed by atoms with Gasteiger partial charge in [-0.2, -0.15) is 18.3 Å². The van der Waals surface area contributed by atoms with Gasteiger partial charge < -0.3 is 14.5 Å². The lowest BCUT2D eigenvalue weighted by atomic mass is 9.79. The second-order valence-electron chi connectivity index (χ2n) is 8.83. The third-order valence-corrected chi connectivity index (χ3v) is 6.61. The molecule has 1 atom stereocenters. The van der Waals surface area contributed by atoms with Crippen LogP contribution in [0.3, 0.4) is 0 Å². The number of nitrogens with zero attached hydrogens (tertiary/aromatic N) is 8. The molecule has 0 saturated carbocycles. The molecule has 0 amide bonds. The molecule has 3 aliphatic heterocycles. The van der Waals surface area contributed by atoms with Crippen LogP contribution in [-0.2, 0) is 10.9 Å². The van der Waals surface area contributed by atoms with Gasteiger partial charge in [-0.3, -0.25) is 0 Å². The molecule has 9 nitrogen and oxygen atoms in total. The van der Waals surface area contributed by atoms with Crippen molar-refractivity contribution < 1.29 is 17.9 Å². The second kappa shape index (κ2) is 6.99. The van der Waals surface area contributed by atoms with Crippen molar-refractivity contribution in [1.29, 1.82) is 0 Å². The molecule has 0 radical (unpaired) electrons. The van der Waals surface area contributed by atoms with Gasteiger partial charge in [-0.05, 0) is 12.8 Å². The van der Waals surface area contributed by atoms with Gasteiger partial charge in [-0.25, -0.2) is 24.6 Å². The molecule has 6 heterocycles. The van der Waals surface area contributed by atoms with Gasteiger partial charge in [0.25, 0.3) is 0 Å². The zero-order valence-electron chi connectivity index (χ0n) is 17.2. The fourth-order valence-electron chi connectivity index (χ4n) is 4.91. The normalized spacial score (nSPS) is 22.8. The number of anilines is 2. The Balaban J connectivity index is 1.15. The minimum atomic E-state index is -4.52. The topological polar surface area (TPSA) is 85.1 Å². The van der Waals surface area contributed by atoms with E-state index in [4.69, 9.17) is 9.72 Å². The number of hydrogen-bond donors (Lipinski definition) is 0. The predicted octanol–water partition coefficient (Wildman–Crippen LogP) is 2.31. The maximum atomic E-state index is 12.7. The first-order valence-corrected chi connectivity index (χ1v) is 10.6. The van der Waals surface area contributed by atoms with Crippen LogP contribution in [0.15, 0.2) is 24.8 Å². The van der Waals surface area contributed by atoms with Gasteiger partial charge in [0.2, 0.25) is 5.82 Å². The number of halogens is 3. The van der Waals surface area contributed by atoms with Crippen molar-refractivity contribution in [3.8, 4) is 0 Å². The average molecular weight is 446 g/mol. The summed E-state index contributed by atoms with van der Waals surface area (Å²) in [6, 6.07) is 0.188. The Hall–Kier alpha value is -3.02. The highest BCUT2D eigenvalue weighted by atomic mass is 19.4. The van der Waals surface area contributed by atoms with E-state index in [0.717, 1.165) is 62.6 Å². The quantitative estimate of drug-likeness (QED) is 0.606. The molecule has 6 rings (SSSR count). The Labute approximate surface area is 181 Å². The van der Waals surface area contributed by atoms with Gasteiger partial charge in [-0.15, -0.1) is 0 Å². The summed E-state index contributed by atoms with van der Waals surface area (Å²) in [7, 11) is 0. The van der Waals surface area contributed by atoms with Crippen molar-refractivity contribution in [3.05, 3.63) is 30.6 Å². The van der Waals surface area contributed by atoms with E-state index in [0.29, 0.717) is 12.3 Å². The predicted molar refractivity (Wildman–Crippen MR) is 108 cm³/mol. The summed E-state index contributed by atoms with van der Waals surface area (Å²) in [5, 5.41) is 4.47. The molecule has 0 aromatic carbocycles. The van der Waals surface area contributed by atoms with E-state index in [1.807, 2.05) is 9.58 Å². The molecule has 0 aliphatic carbocycles. The third kappa shape index (κ3) is 3.24. The van der Waals surface area contributed by atoms with Crippen LogP contribution >= 0.6 is 0 Å². The van der Waals surface area contributed by atoms with Crippen molar-refractivity contribution in [1.82, 2.24) is 29.7 Å².